The standard InChI is InChI=1S/Fe.Mg.Mo.O. The third-order valence-electron chi connectivity index (χ3n) is 0. The van der Waals surface area contributed by atoms with E-state index in [1.54, 1.807) is 0 Å². The molecule has 0 atom stereocenters. The SMILES string of the molecule is [Fe].[Mg].[O]=[Mo]. The predicted octanol–water partition coefficient (Wildman–Crippen LogP) is -0.505. The molecule has 0 aliphatic heterocycles. The molecule has 4 heteroatoms. The van der Waals surface area contributed by atoms with Crippen LogP contribution < -0.4 is 0 Å². The summed E-state index contributed by atoms with van der Waals surface area (Å²) in [4.78, 5) is 0. The molecule has 0 unspecified atom stereocenters. The van der Waals surface area contributed by atoms with E-state index in [2.05, 4.69) is 0 Å². The van der Waals surface area contributed by atoms with Gasteiger partial charge in [0.2, 0.25) is 0 Å². The van der Waals surface area contributed by atoms with Crippen molar-refractivity contribution >= 4 is 23.1 Å². The first-order valence-electron chi connectivity index (χ1n) is 0.167. The summed E-state index contributed by atoms with van der Waals surface area (Å²) in [5, 5.41) is 0. The third kappa shape index (κ3) is 9.23. The average Bonchev–Trinajstić information content (AvgIpc) is 1.00. The molecule has 4 heavy (non-hydrogen) atoms. The Bertz CT molecular complexity index is 8.00. The predicted molar refractivity (Wildman–Crippen MR) is 6.44 cm³/mol. The topological polar surface area (TPSA) is 17.1 Å². The van der Waals surface area contributed by atoms with Crippen LogP contribution in [0.15, 0.2) is 0 Å². The summed E-state index contributed by atoms with van der Waals surface area (Å²) in [6.07, 6.45) is 0. The Morgan fingerprint density at radius 2 is 1.25 bits per heavy atom. The molecule has 0 aromatic carbocycles. The average molecular weight is 192 g/mol. The first-order valence-corrected chi connectivity index (χ1v) is 0.986. The second kappa shape index (κ2) is 21.6. The van der Waals surface area contributed by atoms with E-state index in [0.29, 0.717) is 19.8 Å². The Morgan fingerprint density at radius 3 is 1.25 bits per heavy atom. The summed E-state index contributed by atoms with van der Waals surface area (Å²) in [6, 6.07) is 0. The van der Waals surface area contributed by atoms with Crippen LogP contribution in [0.2, 0.25) is 0 Å². The van der Waals surface area contributed by atoms with Crippen molar-refractivity contribution in [3.05, 3.63) is 0 Å². The molecule has 0 fully saturated rings. The van der Waals surface area contributed by atoms with Crippen LogP contribution in [0.25, 0.3) is 0 Å². The van der Waals surface area contributed by atoms with Crippen LogP contribution in [0.3, 0.4) is 0 Å². The fourth-order valence-corrected chi connectivity index (χ4v) is 0. The van der Waals surface area contributed by atoms with E-state index in [4.69, 9.17) is 3.40 Å². The van der Waals surface area contributed by atoms with Crippen LogP contribution in [0.5, 0.6) is 0 Å². The molecule has 0 aromatic heterocycles. The van der Waals surface area contributed by atoms with Gasteiger partial charge in [-0.05, 0) is 0 Å². The van der Waals surface area contributed by atoms with Gasteiger partial charge in [-0.1, -0.05) is 0 Å². The fraction of sp³-hybridized carbons (Fsp3) is 0. The minimum atomic E-state index is 0. The van der Waals surface area contributed by atoms with Gasteiger partial charge in [-0.15, -0.1) is 0 Å². The molecule has 0 spiro atoms. The molecule has 0 aromatic rings. The summed E-state index contributed by atoms with van der Waals surface area (Å²) in [6.45, 7) is 0. The van der Waals surface area contributed by atoms with Crippen molar-refractivity contribution in [2.24, 2.45) is 0 Å². The van der Waals surface area contributed by atoms with Gasteiger partial charge < -0.3 is 0 Å². The minimum absolute atomic E-state index is 0. The van der Waals surface area contributed by atoms with Gasteiger partial charge in [0, 0.05) is 40.1 Å². The zero-order chi connectivity index (χ0) is 2.00. The molecule has 1 nitrogen and oxygen atoms in total. The van der Waals surface area contributed by atoms with E-state index in [1.165, 1.54) is 0 Å². The van der Waals surface area contributed by atoms with Gasteiger partial charge >= 0.3 is 23.2 Å². The Kier molecular flexibility index (Phi) is 92.4. The van der Waals surface area contributed by atoms with Crippen LogP contribution in [0.1, 0.15) is 0 Å². The van der Waals surface area contributed by atoms with E-state index >= 15 is 0 Å². The van der Waals surface area contributed by atoms with Crippen molar-refractivity contribution in [1.82, 2.24) is 0 Å². The van der Waals surface area contributed by atoms with Gasteiger partial charge in [0.25, 0.3) is 0 Å². The van der Waals surface area contributed by atoms with Gasteiger partial charge in [0.1, 0.15) is 0 Å². The van der Waals surface area contributed by atoms with Gasteiger partial charge in [0.05, 0.1) is 0 Å². The van der Waals surface area contributed by atoms with Crippen molar-refractivity contribution in [3.63, 3.8) is 0 Å². The van der Waals surface area contributed by atoms with Crippen LogP contribution in [-0.2, 0) is 40.2 Å². The zero-order valence-electron chi connectivity index (χ0n) is 1.88. The molecule has 0 aliphatic carbocycles. The quantitative estimate of drug-likeness (QED) is 0.473. The molecule has 0 rings (SSSR count). The monoisotopic (exact) mass is 194 g/mol. The van der Waals surface area contributed by atoms with Gasteiger partial charge in [-0.2, -0.15) is 0 Å². The summed E-state index contributed by atoms with van der Waals surface area (Å²) in [7, 11) is 0. The molecule has 0 saturated heterocycles. The maximum atomic E-state index is 8.26. The van der Waals surface area contributed by atoms with Crippen molar-refractivity contribution in [2.75, 3.05) is 0 Å². The molecular formula is FeMgMoO. The zero-order valence-corrected chi connectivity index (χ0v) is 6.40. The maximum absolute atomic E-state index is 8.26. The molecule has 0 saturated carbocycles. The van der Waals surface area contributed by atoms with Gasteiger partial charge in [-0.25, -0.2) is 0 Å². The van der Waals surface area contributed by atoms with E-state index in [9.17, 15) is 0 Å². The van der Waals surface area contributed by atoms with Crippen molar-refractivity contribution in [1.29, 1.82) is 0 Å². The molecule has 0 heterocycles. The number of hydrogen-bond donors (Lipinski definition) is 0. The van der Waals surface area contributed by atoms with Gasteiger partial charge in [-0.3, -0.25) is 0 Å². The van der Waals surface area contributed by atoms with Crippen molar-refractivity contribution < 1.29 is 40.2 Å². The first kappa shape index (κ1) is 17.1. The van der Waals surface area contributed by atoms with E-state index in [0.717, 1.165) is 0 Å². The summed E-state index contributed by atoms with van der Waals surface area (Å²) in [5.74, 6) is 0. The second-order valence-corrected chi connectivity index (χ2v) is 0. The Balaban J connectivity index is -0.00000000500. The summed E-state index contributed by atoms with van der Waals surface area (Å²) >= 11 is 0.700. The third-order valence-corrected chi connectivity index (χ3v) is 0. The molecule has 0 aliphatic rings. The first-order chi connectivity index (χ1) is 1.00. The normalized spacial score (nSPS) is 1.00. The molecule has 0 amide bonds. The van der Waals surface area contributed by atoms with Crippen LogP contribution in [0, 0.1) is 0 Å². The number of rotatable bonds is 0. The molecule has 0 bridgehead atoms. The Hall–Kier alpha value is 1.77. The Morgan fingerprint density at radius 1 is 1.25 bits per heavy atom. The Labute approximate surface area is 62.7 Å². The van der Waals surface area contributed by atoms with E-state index in [-0.39, 0.29) is 40.1 Å². The van der Waals surface area contributed by atoms with Gasteiger partial charge in [0.15, 0.2) is 0 Å². The van der Waals surface area contributed by atoms with Crippen molar-refractivity contribution in [2.45, 2.75) is 0 Å². The van der Waals surface area contributed by atoms with Crippen LogP contribution in [0.4, 0.5) is 0 Å². The summed E-state index contributed by atoms with van der Waals surface area (Å²) < 4.78 is 8.26. The van der Waals surface area contributed by atoms with E-state index in [1.807, 2.05) is 0 Å². The molecule has 22 valence electrons. The van der Waals surface area contributed by atoms with Crippen LogP contribution >= 0.6 is 0 Å². The molecule has 0 N–H and O–H groups in total. The summed E-state index contributed by atoms with van der Waals surface area (Å²) in [5.41, 5.74) is 0. The fourth-order valence-electron chi connectivity index (χ4n) is 0. The number of hydrogen-bond acceptors (Lipinski definition) is 1. The van der Waals surface area contributed by atoms with Crippen LogP contribution in [-0.4, -0.2) is 23.1 Å². The molecule has 2 radical (unpaired) electrons. The molecular weight excluding hydrogens is 192 g/mol. The van der Waals surface area contributed by atoms with Crippen molar-refractivity contribution in [3.8, 4) is 0 Å². The van der Waals surface area contributed by atoms with E-state index < -0.39 is 0 Å². The second-order valence-electron chi connectivity index (χ2n) is 0.